The van der Waals surface area contributed by atoms with Crippen molar-refractivity contribution in [2.75, 3.05) is 36.4 Å². The molecule has 1 saturated heterocycles. The summed E-state index contributed by atoms with van der Waals surface area (Å²) < 4.78 is 0. The van der Waals surface area contributed by atoms with E-state index in [1.807, 2.05) is 53.4 Å². The number of aromatic nitrogens is 3. The number of carbonyl (C=O) groups is 1. The molecule has 2 aromatic carbocycles. The van der Waals surface area contributed by atoms with Crippen LogP contribution in [0.5, 0.6) is 0 Å². The zero-order valence-electron chi connectivity index (χ0n) is 17.7. The van der Waals surface area contributed by atoms with Crippen LogP contribution in [0.25, 0.3) is 10.8 Å². The van der Waals surface area contributed by atoms with Crippen LogP contribution in [0, 0.1) is 0 Å². The number of hydrogen-bond acceptors (Lipinski definition) is 6. The quantitative estimate of drug-likeness (QED) is 0.527. The second-order valence-corrected chi connectivity index (χ2v) is 7.82. The molecule has 0 spiro atoms. The first-order valence-corrected chi connectivity index (χ1v) is 10.8. The third-order valence-electron chi connectivity index (χ3n) is 5.78. The predicted molar refractivity (Wildman–Crippen MR) is 126 cm³/mol. The molecule has 0 aliphatic carbocycles. The van der Waals surface area contributed by atoms with Gasteiger partial charge in [0.2, 0.25) is 5.91 Å². The summed E-state index contributed by atoms with van der Waals surface area (Å²) in [5.41, 5.74) is 2.00. The van der Waals surface area contributed by atoms with Crippen LogP contribution < -0.4 is 10.2 Å². The van der Waals surface area contributed by atoms with Crippen molar-refractivity contribution in [2.24, 2.45) is 0 Å². The van der Waals surface area contributed by atoms with Gasteiger partial charge >= 0.3 is 0 Å². The number of carbonyl (C=O) groups excluding carboxylic acids is 1. The molecule has 1 amide bonds. The highest BCUT2D eigenvalue weighted by molar-refractivity contribution is 5.90. The summed E-state index contributed by atoms with van der Waals surface area (Å²) in [5, 5.41) is 14.2. The molecular formula is C25H24N6O. The molecule has 0 unspecified atom stereocenters. The fourth-order valence-electron chi connectivity index (χ4n) is 4.05. The summed E-state index contributed by atoms with van der Waals surface area (Å²) in [6.07, 6.45) is 3.88. The molecule has 0 atom stereocenters. The Balaban J connectivity index is 1.18. The van der Waals surface area contributed by atoms with Crippen molar-refractivity contribution in [3.05, 3.63) is 84.7 Å². The smallest absolute Gasteiger partial charge is 0.227 e. The lowest BCUT2D eigenvalue weighted by atomic mass is 10.0. The normalized spacial score (nSPS) is 13.9. The fourth-order valence-corrected chi connectivity index (χ4v) is 4.05. The van der Waals surface area contributed by atoms with E-state index < -0.39 is 0 Å². The van der Waals surface area contributed by atoms with Crippen LogP contribution in [0.15, 0.2) is 79.1 Å². The SMILES string of the molecule is O=C(Cc1cccc2ccccc12)N1CCN(c2ccc(Nc3ccncc3)nn2)CC1. The van der Waals surface area contributed by atoms with Crippen LogP contribution in [0.4, 0.5) is 17.3 Å². The standard InChI is InChI=1S/C25H24N6O/c32-25(18-20-6-3-5-19-4-1-2-7-22(19)20)31-16-14-30(15-17-31)24-9-8-23(28-29-24)27-21-10-12-26-13-11-21/h1-13H,14-18H2,(H,26,27,28). The van der Waals surface area contributed by atoms with Crippen LogP contribution in [-0.2, 0) is 11.2 Å². The number of fused-ring (bicyclic) bond motifs is 1. The van der Waals surface area contributed by atoms with Gasteiger partial charge in [0.25, 0.3) is 0 Å². The lowest BCUT2D eigenvalue weighted by molar-refractivity contribution is -0.130. The maximum Gasteiger partial charge on any atom is 0.227 e. The first-order valence-electron chi connectivity index (χ1n) is 10.8. The van der Waals surface area contributed by atoms with Crippen molar-refractivity contribution in [2.45, 2.75) is 6.42 Å². The van der Waals surface area contributed by atoms with E-state index in [0.29, 0.717) is 25.3 Å². The molecule has 1 aliphatic rings. The maximum absolute atomic E-state index is 12.9. The highest BCUT2D eigenvalue weighted by Gasteiger charge is 2.22. The summed E-state index contributed by atoms with van der Waals surface area (Å²) in [4.78, 5) is 21.1. The molecule has 7 nitrogen and oxygen atoms in total. The van der Waals surface area contributed by atoms with Gasteiger partial charge in [-0.3, -0.25) is 9.78 Å². The van der Waals surface area contributed by atoms with E-state index in [1.165, 1.54) is 5.39 Å². The molecule has 1 fully saturated rings. The third-order valence-corrected chi connectivity index (χ3v) is 5.78. The molecule has 0 saturated carbocycles. The van der Waals surface area contributed by atoms with Gasteiger partial charge in [0.15, 0.2) is 11.6 Å². The van der Waals surface area contributed by atoms with E-state index in [2.05, 4.69) is 43.6 Å². The van der Waals surface area contributed by atoms with Crippen molar-refractivity contribution in [3.8, 4) is 0 Å². The van der Waals surface area contributed by atoms with E-state index in [1.54, 1.807) is 12.4 Å². The molecule has 1 aliphatic heterocycles. The van der Waals surface area contributed by atoms with Crippen LogP contribution in [0.2, 0.25) is 0 Å². The Kier molecular flexibility index (Phi) is 5.61. The van der Waals surface area contributed by atoms with Gasteiger partial charge in [-0.2, -0.15) is 0 Å². The number of benzene rings is 2. The monoisotopic (exact) mass is 424 g/mol. The molecule has 7 heteroatoms. The average molecular weight is 425 g/mol. The van der Waals surface area contributed by atoms with Crippen molar-refractivity contribution >= 4 is 34.0 Å². The van der Waals surface area contributed by atoms with Crippen LogP contribution in [0.3, 0.4) is 0 Å². The first kappa shape index (κ1) is 19.9. The molecule has 0 bridgehead atoms. The van der Waals surface area contributed by atoms with Crippen LogP contribution >= 0.6 is 0 Å². The number of amides is 1. The second-order valence-electron chi connectivity index (χ2n) is 7.82. The Bertz CT molecular complexity index is 1200. The van der Waals surface area contributed by atoms with Crippen molar-refractivity contribution in [1.82, 2.24) is 20.1 Å². The van der Waals surface area contributed by atoms with Crippen molar-refractivity contribution in [3.63, 3.8) is 0 Å². The van der Waals surface area contributed by atoms with Gasteiger partial charge in [-0.25, -0.2) is 0 Å². The summed E-state index contributed by atoms with van der Waals surface area (Å²) in [5.74, 6) is 1.68. The van der Waals surface area contributed by atoms with Gasteiger partial charge in [-0.1, -0.05) is 42.5 Å². The van der Waals surface area contributed by atoms with Crippen molar-refractivity contribution < 1.29 is 4.79 Å². The highest BCUT2D eigenvalue weighted by atomic mass is 16.2. The summed E-state index contributed by atoms with van der Waals surface area (Å²) in [7, 11) is 0. The molecule has 0 radical (unpaired) electrons. The number of hydrogen-bond donors (Lipinski definition) is 1. The van der Waals surface area contributed by atoms with Gasteiger partial charge in [-0.05, 0) is 40.6 Å². The fraction of sp³-hybridized carbons (Fsp3) is 0.200. The first-order chi connectivity index (χ1) is 15.8. The molecule has 4 aromatic rings. The minimum atomic E-state index is 0.170. The van der Waals surface area contributed by atoms with E-state index in [-0.39, 0.29) is 5.91 Å². The minimum absolute atomic E-state index is 0.170. The molecule has 32 heavy (non-hydrogen) atoms. The van der Waals surface area contributed by atoms with Crippen molar-refractivity contribution in [1.29, 1.82) is 0 Å². The Labute approximate surface area is 186 Å². The number of rotatable bonds is 5. The molecule has 2 aromatic heterocycles. The Hall–Kier alpha value is -4.00. The Morgan fingerprint density at radius 2 is 1.62 bits per heavy atom. The number of piperazine rings is 1. The lowest BCUT2D eigenvalue weighted by Gasteiger charge is -2.35. The highest BCUT2D eigenvalue weighted by Crippen LogP contribution is 2.21. The Morgan fingerprint density at radius 3 is 2.41 bits per heavy atom. The van der Waals surface area contributed by atoms with Gasteiger partial charge < -0.3 is 15.1 Å². The topological polar surface area (TPSA) is 74.2 Å². The summed E-state index contributed by atoms with van der Waals surface area (Å²) >= 11 is 0. The molecule has 160 valence electrons. The lowest BCUT2D eigenvalue weighted by Crippen LogP contribution is -2.49. The van der Waals surface area contributed by atoms with Crippen LogP contribution in [-0.4, -0.2) is 52.2 Å². The van der Waals surface area contributed by atoms with Gasteiger partial charge in [-0.15, -0.1) is 10.2 Å². The van der Waals surface area contributed by atoms with Gasteiger partial charge in [0.1, 0.15) is 0 Å². The predicted octanol–water partition coefficient (Wildman–Crippen LogP) is 3.66. The zero-order chi connectivity index (χ0) is 21.8. The number of anilines is 3. The maximum atomic E-state index is 12.9. The number of nitrogens with zero attached hydrogens (tertiary/aromatic N) is 5. The minimum Gasteiger partial charge on any atom is -0.352 e. The van der Waals surface area contributed by atoms with Gasteiger partial charge in [0, 0.05) is 44.3 Å². The largest absolute Gasteiger partial charge is 0.352 e. The molecular weight excluding hydrogens is 400 g/mol. The van der Waals surface area contributed by atoms with E-state index >= 15 is 0 Å². The Morgan fingerprint density at radius 1 is 0.844 bits per heavy atom. The van der Waals surface area contributed by atoms with Gasteiger partial charge in [0.05, 0.1) is 6.42 Å². The average Bonchev–Trinajstić information content (AvgIpc) is 2.85. The molecule has 1 N–H and O–H groups in total. The number of pyridine rings is 1. The van der Waals surface area contributed by atoms with E-state index in [4.69, 9.17) is 0 Å². The van der Waals surface area contributed by atoms with Crippen LogP contribution in [0.1, 0.15) is 5.56 Å². The third kappa shape index (κ3) is 4.37. The number of nitrogens with one attached hydrogen (secondary N) is 1. The molecule has 3 heterocycles. The summed E-state index contributed by atoms with van der Waals surface area (Å²) in [6.45, 7) is 2.85. The molecule has 5 rings (SSSR count). The zero-order valence-corrected chi connectivity index (χ0v) is 17.7. The summed E-state index contributed by atoms with van der Waals surface area (Å²) in [6, 6.07) is 22.0. The van der Waals surface area contributed by atoms with E-state index in [0.717, 1.165) is 35.5 Å². The second kappa shape index (κ2) is 9.01. The van der Waals surface area contributed by atoms with E-state index in [9.17, 15) is 4.79 Å².